The number of furan rings is 1. The molecule has 0 aliphatic rings. The monoisotopic (exact) mass is 346 g/mol. The summed E-state index contributed by atoms with van der Waals surface area (Å²) in [7, 11) is 0. The van der Waals surface area contributed by atoms with Crippen LogP contribution in [0, 0.1) is 0 Å². The fraction of sp³-hybridized carbons (Fsp3) is 0. The number of rotatable bonds is 4. The molecule has 2 amide bonds. The van der Waals surface area contributed by atoms with Crippen molar-refractivity contribution in [2.45, 2.75) is 0 Å². The zero-order chi connectivity index (χ0) is 18.1. The highest BCUT2D eigenvalue weighted by atomic mass is 16.4. The van der Waals surface area contributed by atoms with Crippen molar-refractivity contribution >= 4 is 28.5 Å². The molecule has 4 N–H and O–H groups in total. The average Bonchev–Trinajstić information content (AvgIpc) is 3.29. The molecule has 0 saturated heterocycles. The van der Waals surface area contributed by atoms with E-state index in [1.165, 1.54) is 12.1 Å². The molecule has 128 valence electrons. The smallest absolute Gasteiger partial charge is 0.291 e. The lowest BCUT2D eigenvalue weighted by atomic mass is 10.2. The molecule has 0 radical (unpaired) electrons. The van der Waals surface area contributed by atoms with E-state index in [1.54, 1.807) is 12.1 Å². The molecule has 2 heterocycles. The van der Waals surface area contributed by atoms with E-state index in [0.717, 1.165) is 22.4 Å². The number of aromatic amines is 1. The zero-order valence-electron chi connectivity index (χ0n) is 13.5. The molecule has 0 bridgehead atoms. The lowest BCUT2D eigenvalue weighted by molar-refractivity contribution is 0.0960. The van der Waals surface area contributed by atoms with E-state index >= 15 is 0 Å². The van der Waals surface area contributed by atoms with Crippen molar-refractivity contribution in [3.05, 3.63) is 72.2 Å². The second-order valence-corrected chi connectivity index (χ2v) is 5.66. The number of nitrogens with one attached hydrogen (secondary N) is 2. The summed E-state index contributed by atoms with van der Waals surface area (Å²) in [6.45, 7) is 0. The Bertz CT molecular complexity index is 1080. The Morgan fingerprint density at radius 2 is 1.69 bits per heavy atom. The summed E-state index contributed by atoms with van der Waals surface area (Å²) >= 11 is 0. The zero-order valence-corrected chi connectivity index (χ0v) is 13.5. The number of nitrogens with zero attached hydrogens (tertiary/aromatic N) is 1. The van der Waals surface area contributed by atoms with Crippen LogP contribution >= 0.6 is 0 Å². The van der Waals surface area contributed by atoms with Crippen LogP contribution in [0.25, 0.3) is 22.4 Å². The Balaban J connectivity index is 1.51. The Hall–Kier alpha value is -3.87. The van der Waals surface area contributed by atoms with Gasteiger partial charge in [0, 0.05) is 11.3 Å². The minimum atomic E-state index is -0.723. The first-order valence-corrected chi connectivity index (χ1v) is 7.86. The summed E-state index contributed by atoms with van der Waals surface area (Å²) in [5, 5.41) is 2.70. The number of fused-ring (bicyclic) bond motifs is 1. The summed E-state index contributed by atoms with van der Waals surface area (Å²) in [5.74, 6) is -0.482. The van der Waals surface area contributed by atoms with Gasteiger partial charge in [-0.25, -0.2) is 4.98 Å². The third kappa shape index (κ3) is 2.93. The van der Waals surface area contributed by atoms with Gasteiger partial charge in [0.2, 0.25) is 0 Å². The second kappa shape index (κ2) is 6.21. The maximum absolute atomic E-state index is 12.1. The van der Waals surface area contributed by atoms with Crippen molar-refractivity contribution in [1.29, 1.82) is 0 Å². The highest BCUT2D eigenvalue weighted by Gasteiger charge is 2.14. The van der Waals surface area contributed by atoms with Gasteiger partial charge >= 0.3 is 0 Å². The van der Waals surface area contributed by atoms with E-state index < -0.39 is 11.8 Å². The number of anilines is 1. The minimum absolute atomic E-state index is 0.0140. The number of imidazole rings is 1. The quantitative estimate of drug-likeness (QED) is 0.526. The van der Waals surface area contributed by atoms with Crippen LogP contribution in [0.4, 0.5) is 5.69 Å². The number of aromatic nitrogens is 2. The number of primary amides is 1. The number of H-pyrrole nitrogens is 1. The summed E-state index contributed by atoms with van der Waals surface area (Å²) in [5.41, 5.74) is 8.45. The molecule has 0 aliphatic carbocycles. The van der Waals surface area contributed by atoms with E-state index in [0.29, 0.717) is 5.69 Å². The van der Waals surface area contributed by atoms with Gasteiger partial charge in [-0.2, -0.15) is 0 Å². The molecule has 26 heavy (non-hydrogen) atoms. The first-order chi connectivity index (χ1) is 12.6. The van der Waals surface area contributed by atoms with Gasteiger partial charge in [-0.15, -0.1) is 0 Å². The fourth-order valence-corrected chi connectivity index (χ4v) is 2.59. The van der Waals surface area contributed by atoms with E-state index in [2.05, 4.69) is 15.3 Å². The van der Waals surface area contributed by atoms with Crippen LogP contribution < -0.4 is 11.1 Å². The van der Waals surface area contributed by atoms with Crippen LogP contribution in [-0.2, 0) is 0 Å². The summed E-state index contributed by atoms with van der Waals surface area (Å²) in [4.78, 5) is 31.0. The Morgan fingerprint density at radius 3 is 2.38 bits per heavy atom. The van der Waals surface area contributed by atoms with Gasteiger partial charge in [-0.05, 0) is 48.5 Å². The number of nitrogens with two attached hydrogens (primary N) is 1. The van der Waals surface area contributed by atoms with Crippen molar-refractivity contribution in [2.75, 3.05) is 5.32 Å². The lowest BCUT2D eigenvalue weighted by Crippen LogP contribution is -2.12. The first-order valence-electron chi connectivity index (χ1n) is 7.86. The van der Waals surface area contributed by atoms with Crippen LogP contribution in [0.5, 0.6) is 0 Å². The predicted octanol–water partition coefficient (Wildman–Crippen LogP) is 3.17. The minimum Gasteiger partial charge on any atom is -0.446 e. The fourth-order valence-electron chi connectivity index (χ4n) is 2.59. The van der Waals surface area contributed by atoms with Gasteiger partial charge in [0.1, 0.15) is 5.82 Å². The highest BCUT2D eigenvalue weighted by molar-refractivity contribution is 6.03. The number of carbonyl (C=O) groups excluding carboxylic acids is 2. The van der Waals surface area contributed by atoms with Crippen molar-refractivity contribution in [3.8, 4) is 11.4 Å². The Labute approximate surface area is 147 Å². The number of carbonyl (C=O) groups is 2. The summed E-state index contributed by atoms with van der Waals surface area (Å²) < 4.78 is 5.10. The summed E-state index contributed by atoms with van der Waals surface area (Å²) in [6, 6.07) is 17.8. The number of amides is 2. The van der Waals surface area contributed by atoms with Crippen LogP contribution in [-0.4, -0.2) is 21.8 Å². The molecular formula is C19H14N4O3. The van der Waals surface area contributed by atoms with Crippen LogP contribution in [0.2, 0.25) is 0 Å². The number of hydrogen-bond donors (Lipinski definition) is 3. The van der Waals surface area contributed by atoms with E-state index in [4.69, 9.17) is 10.2 Å². The van der Waals surface area contributed by atoms with Crippen molar-refractivity contribution in [3.63, 3.8) is 0 Å². The molecular weight excluding hydrogens is 332 g/mol. The molecule has 0 fully saturated rings. The highest BCUT2D eigenvalue weighted by Crippen LogP contribution is 2.22. The molecule has 2 aromatic carbocycles. The molecule has 4 rings (SSSR count). The van der Waals surface area contributed by atoms with E-state index in [-0.39, 0.29) is 11.5 Å². The topological polar surface area (TPSA) is 114 Å². The van der Waals surface area contributed by atoms with E-state index in [9.17, 15) is 9.59 Å². The van der Waals surface area contributed by atoms with Gasteiger partial charge < -0.3 is 20.5 Å². The molecule has 2 aromatic heterocycles. The number of hydrogen-bond acceptors (Lipinski definition) is 4. The van der Waals surface area contributed by atoms with Crippen LogP contribution in [0.1, 0.15) is 21.1 Å². The SMILES string of the molecule is NC(=O)c1ccc(C(=O)Nc2ccc(-c3nc4ccccc4[nH]3)cc2)o1. The van der Waals surface area contributed by atoms with Gasteiger partial charge in [0.15, 0.2) is 11.5 Å². The molecule has 0 spiro atoms. The largest absolute Gasteiger partial charge is 0.446 e. The molecule has 7 nitrogen and oxygen atoms in total. The molecule has 0 atom stereocenters. The van der Waals surface area contributed by atoms with Gasteiger partial charge in [0.25, 0.3) is 11.8 Å². The molecule has 0 saturated carbocycles. The van der Waals surface area contributed by atoms with Gasteiger partial charge in [0.05, 0.1) is 11.0 Å². The molecule has 0 unspecified atom stereocenters. The van der Waals surface area contributed by atoms with Gasteiger partial charge in [-0.3, -0.25) is 9.59 Å². The Kier molecular flexibility index (Phi) is 3.74. The maximum Gasteiger partial charge on any atom is 0.291 e. The Morgan fingerprint density at radius 1 is 0.962 bits per heavy atom. The number of para-hydroxylation sites is 2. The molecule has 7 heteroatoms. The maximum atomic E-state index is 12.1. The predicted molar refractivity (Wildman–Crippen MR) is 96.7 cm³/mol. The standard InChI is InChI=1S/C19H14N4O3/c20-17(24)15-9-10-16(26-15)19(25)21-12-7-5-11(6-8-12)18-22-13-3-1-2-4-14(13)23-18/h1-10H,(H2,20,24)(H,21,25)(H,22,23). The third-order valence-corrected chi connectivity index (χ3v) is 3.88. The van der Waals surface area contributed by atoms with Crippen molar-refractivity contribution in [2.24, 2.45) is 5.73 Å². The van der Waals surface area contributed by atoms with Crippen molar-refractivity contribution < 1.29 is 14.0 Å². The third-order valence-electron chi connectivity index (χ3n) is 3.88. The summed E-state index contributed by atoms with van der Waals surface area (Å²) in [6.07, 6.45) is 0. The first kappa shape index (κ1) is 15.6. The van der Waals surface area contributed by atoms with Crippen LogP contribution in [0.3, 0.4) is 0 Å². The lowest BCUT2D eigenvalue weighted by Gasteiger charge is -2.04. The average molecular weight is 346 g/mol. The van der Waals surface area contributed by atoms with Crippen molar-refractivity contribution in [1.82, 2.24) is 9.97 Å². The molecule has 0 aliphatic heterocycles. The van der Waals surface area contributed by atoms with Gasteiger partial charge in [-0.1, -0.05) is 12.1 Å². The second-order valence-electron chi connectivity index (χ2n) is 5.66. The number of benzene rings is 2. The van der Waals surface area contributed by atoms with E-state index in [1.807, 2.05) is 36.4 Å². The molecule has 4 aromatic rings. The normalized spacial score (nSPS) is 10.8. The van der Waals surface area contributed by atoms with Crippen LogP contribution in [0.15, 0.2) is 65.1 Å².